The SMILES string of the molecule is O=C1c2ccc3c4ccc5c(=O)n6c7ccccc7c[n+]6c6ccc(c7ccc(c2c37)C(=O)N1c1ccccc1)c4c56. The Morgan fingerprint density at radius 1 is 0.500 bits per heavy atom. The molecule has 0 aliphatic carbocycles. The van der Waals surface area contributed by atoms with Gasteiger partial charge in [-0.3, -0.25) is 14.4 Å². The van der Waals surface area contributed by atoms with Gasteiger partial charge in [0.05, 0.1) is 21.8 Å². The van der Waals surface area contributed by atoms with Crippen molar-refractivity contribution in [2.24, 2.45) is 0 Å². The number of carbonyl (C=O) groups is 2. The Labute approximate surface area is 236 Å². The number of para-hydroxylation sites is 2. The van der Waals surface area contributed by atoms with Crippen LogP contribution in [0.3, 0.4) is 0 Å². The number of anilines is 1. The van der Waals surface area contributed by atoms with Crippen molar-refractivity contribution in [3.63, 3.8) is 0 Å². The van der Waals surface area contributed by atoms with E-state index in [1.54, 1.807) is 16.6 Å². The van der Waals surface area contributed by atoms with Gasteiger partial charge in [-0.25, -0.2) is 4.90 Å². The predicted octanol–water partition coefficient (Wildman–Crippen LogP) is 6.48. The fraction of sp³-hybridized carbons (Fsp3) is 0. The summed E-state index contributed by atoms with van der Waals surface area (Å²) in [4.78, 5) is 42.8. The number of aromatic nitrogens is 2. The average Bonchev–Trinajstić information content (AvgIpc) is 3.42. The molecule has 3 heterocycles. The van der Waals surface area contributed by atoms with Gasteiger partial charge in [-0.2, -0.15) is 0 Å². The van der Waals surface area contributed by atoms with E-state index in [1.165, 1.54) is 4.90 Å². The van der Waals surface area contributed by atoms with Gasteiger partial charge in [-0.1, -0.05) is 57.6 Å². The lowest BCUT2D eigenvalue weighted by Crippen LogP contribution is -2.40. The van der Waals surface area contributed by atoms with E-state index < -0.39 is 0 Å². The summed E-state index contributed by atoms with van der Waals surface area (Å²) < 4.78 is 3.69. The lowest BCUT2D eigenvalue weighted by atomic mass is 9.84. The van der Waals surface area contributed by atoms with E-state index in [4.69, 9.17) is 0 Å². The predicted molar refractivity (Wildman–Crippen MR) is 164 cm³/mol. The number of benzene rings is 7. The second kappa shape index (κ2) is 7.25. The number of nitrogens with zero attached hydrogens (tertiary/aromatic N) is 3. The monoisotopic (exact) mass is 540 g/mol. The normalized spacial score (nSPS) is 13.9. The van der Waals surface area contributed by atoms with Crippen molar-refractivity contribution in [3.05, 3.63) is 131 Å². The second-order valence-electron chi connectivity index (χ2n) is 11.0. The van der Waals surface area contributed by atoms with Gasteiger partial charge in [-0.15, -0.1) is 0 Å². The van der Waals surface area contributed by atoms with Gasteiger partial charge < -0.3 is 0 Å². The zero-order valence-corrected chi connectivity index (χ0v) is 22.0. The van der Waals surface area contributed by atoms with Crippen LogP contribution in [0.15, 0.2) is 114 Å². The molecule has 0 fully saturated rings. The number of rotatable bonds is 1. The zero-order valence-electron chi connectivity index (χ0n) is 22.0. The first-order valence-electron chi connectivity index (χ1n) is 13.8. The summed E-state index contributed by atoms with van der Waals surface area (Å²) in [5.41, 5.74) is 3.32. The number of hydrogen-bond donors (Lipinski definition) is 0. The first-order chi connectivity index (χ1) is 20.6. The van der Waals surface area contributed by atoms with Gasteiger partial charge in [0.25, 0.3) is 11.8 Å². The number of imide groups is 1. The van der Waals surface area contributed by atoms with E-state index in [-0.39, 0.29) is 17.4 Å². The average molecular weight is 541 g/mol. The van der Waals surface area contributed by atoms with Crippen LogP contribution < -0.4 is 15.0 Å². The summed E-state index contributed by atoms with van der Waals surface area (Å²) in [6, 6.07) is 32.7. The van der Waals surface area contributed by atoms with E-state index in [0.29, 0.717) is 27.6 Å². The van der Waals surface area contributed by atoms with E-state index in [0.717, 1.165) is 54.1 Å². The Bertz CT molecular complexity index is 2670. The standard InChI is InChI=1S/C36H18N3O3/c40-34-25-13-10-21-23-12-15-27-33-29(37-18-19-6-4-5-9-28(19)39(37)36(27)42)17-16-24(31(23)33)22-11-14-26(32(25)30(21)22)35(41)38(34)20-7-2-1-3-8-20/h1-18H/q+1. The molecule has 6 heteroatoms. The van der Waals surface area contributed by atoms with E-state index in [9.17, 15) is 14.4 Å². The van der Waals surface area contributed by atoms with Crippen LogP contribution >= 0.6 is 0 Å². The van der Waals surface area contributed by atoms with Gasteiger partial charge in [0.1, 0.15) is 5.52 Å². The fourth-order valence-corrected chi connectivity index (χ4v) is 7.33. The molecule has 0 radical (unpaired) electrons. The largest absolute Gasteiger partial charge is 0.315 e. The first-order valence-corrected chi connectivity index (χ1v) is 13.8. The lowest BCUT2D eigenvalue weighted by Gasteiger charge is -2.28. The highest BCUT2D eigenvalue weighted by Gasteiger charge is 2.35. The molecule has 7 aromatic carbocycles. The third-order valence-corrected chi connectivity index (χ3v) is 9.07. The van der Waals surface area contributed by atoms with Crippen molar-refractivity contribution in [2.45, 2.75) is 0 Å². The molecule has 6 nitrogen and oxygen atoms in total. The molecule has 0 saturated heterocycles. The van der Waals surface area contributed by atoms with Crippen molar-refractivity contribution in [1.82, 2.24) is 4.52 Å². The summed E-state index contributed by atoms with van der Waals surface area (Å²) >= 11 is 0. The molecule has 9 aromatic rings. The van der Waals surface area contributed by atoms with Gasteiger partial charge in [0.2, 0.25) is 11.7 Å². The summed E-state index contributed by atoms with van der Waals surface area (Å²) in [5.74, 6) is -0.651. The molecule has 0 saturated carbocycles. The third-order valence-electron chi connectivity index (χ3n) is 9.07. The maximum absolute atomic E-state index is 14.0. The molecule has 0 bridgehead atoms. The number of hydrogen-bond acceptors (Lipinski definition) is 3. The van der Waals surface area contributed by atoms with Crippen molar-refractivity contribution >= 4 is 82.4 Å². The number of carbonyl (C=O) groups excluding carboxylic acids is 2. The van der Waals surface area contributed by atoms with Gasteiger partial charge in [-0.05, 0) is 75.5 Å². The highest BCUT2D eigenvalue weighted by molar-refractivity contribution is 6.43. The molecule has 0 atom stereocenters. The van der Waals surface area contributed by atoms with Crippen LogP contribution in [0, 0.1) is 0 Å². The molecule has 1 aliphatic heterocycles. The van der Waals surface area contributed by atoms with Gasteiger partial charge in [0, 0.05) is 28.0 Å². The third kappa shape index (κ3) is 2.39. The molecular weight excluding hydrogens is 522 g/mol. The number of fused-ring (bicyclic) bond motifs is 6. The topological polar surface area (TPSA) is 63.0 Å². The van der Waals surface area contributed by atoms with E-state index in [2.05, 4.69) is 12.1 Å². The summed E-state index contributed by atoms with van der Waals surface area (Å²) in [6.07, 6.45) is 2.01. The highest BCUT2D eigenvalue weighted by Crippen LogP contribution is 2.45. The molecule has 0 N–H and O–H groups in total. The van der Waals surface area contributed by atoms with E-state index >= 15 is 0 Å². The van der Waals surface area contributed by atoms with Crippen molar-refractivity contribution < 1.29 is 14.1 Å². The molecular formula is C36H18N3O3+. The van der Waals surface area contributed by atoms with Gasteiger partial charge in [0.15, 0.2) is 0 Å². The maximum atomic E-state index is 14.0. The summed E-state index contributed by atoms with van der Waals surface area (Å²) in [7, 11) is 0. The minimum Gasteiger partial charge on any atom is -0.268 e. The molecule has 42 heavy (non-hydrogen) atoms. The van der Waals surface area contributed by atoms with Crippen LogP contribution in [-0.2, 0) is 0 Å². The zero-order chi connectivity index (χ0) is 27.9. The van der Waals surface area contributed by atoms with Crippen LogP contribution in [-0.4, -0.2) is 16.3 Å². The van der Waals surface area contributed by atoms with Gasteiger partial charge >= 0.3 is 5.56 Å². The number of amides is 2. The maximum Gasteiger partial charge on any atom is 0.315 e. The fourth-order valence-electron chi connectivity index (χ4n) is 7.33. The minimum absolute atomic E-state index is 0.0689. The van der Waals surface area contributed by atoms with Crippen LogP contribution in [0.4, 0.5) is 5.69 Å². The smallest absolute Gasteiger partial charge is 0.268 e. The summed E-state index contributed by atoms with van der Waals surface area (Å²) in [6.45, 7) is 0. The molecule has 194 valence electrons. The van der Waals surface area contributed by atoms with Crippen molar-refractivity contribution in [2.75, 3.05) is 4.90 Å². The Balaban J connectivity index is 1.37. The van der Waals surface area contributed by atoms with Crippen molar-refractivity contribution in [1.29, 1.82) is 0 Å². The Kier molecular flexibility index (Phi) is 3.78. The second-order valence-corrected chi connectivity index (χ2v) is 11.0. The lowest BCUT2D eigenvalue weighted by molar-refractivity contribution is -0.589. The molecule has 10 rings (SSSR count). The van der Waals surface area contributed by atoms with Crippen LogP contribution in [0.2, 0.25) is 0 Å². The Morgan fingerprint density at radius 3 is 1.79 bits per heavy atom. The molecule has 0 unspecified atom stereocenters. The summed E-state index contributed by atoms with van der Waals surface area (Å²) in [5, 5.41) is 9.06. The molecule has 2 aromatic heterocycles. The minimum atomic E-state index is -0.326. The molecule has 2 amide bonds. The Morgan fingerprint density at radius 2 is 1.07 bits per heavy atom. The van der Waals surface area contributed by atoms with E-state index in [1.807, 2.05) is 89.6 Å². The quantitative estimate of drug-likeness (QED) is 0.104. The van der Waals surface area contributed by atoms with Crippen LogP contribution in [0.1, 0.15) is 20.7 Å². The highest BCUT2D eigenvalue weighted by atomic mass is 16.2. The van der Waals surface area contributed by atoms with Crippen LogP contribution in [0.5, 0.6) is 0 Å². The molecule has 0 spiro atoms. The van der Waals surface area contributed by atoms with Crippen molar-refractivity contribution in [3.8, 4) is 0 Å². The Hall–Kier alpha value is -5.88. The first kappa shape index (κ1) is 21.9. The van der Waals surface area contributed by atoms with Crippen LogP contribution in [0.25, 0.3) is 64.9 Å². The molecule has 1 aliphatic rings.